The molecule has 0 aromatic heterocycles. The lowest BCUT2D eigenvalue weighted by Gasteiger charge is -2.13. The second kappa shape index (κ2) is 8.50. The van der Waals surface area contributed by atoms with Crippen molar-refractivity contribution >= 4 is 35.2 Å². The van der Waals surface area contributed by atoms with Gasteiger partial charge in [-0.15, -0.1) is 0 Å². The summed E-state index contributed by atoms with van der Waals surface area (Å²) >= 11 is 6.76. The third-order valence-corrected chi connectivity index (χ3v) is 5.02. The van der Waals surface area contributed by atoms with Crippen LogP contribution in [0.2, 0.25) is 5.02 Å². The molecule has 0 bridgehead atoms. The summed E-state index contributed by atoms with van der Waals surface area (Å²) in [5.41, 5.74) is 0.352. The Bertz CT molecular complexity index is 1030. The van der Waals surface area contributed by atoms with Crippen LogP contribution in [-0.2, 0) is 4.74 Å². The van der Waals surface area contributed by atoms with E-state index in [4.69, 9.17) is 11.6 Å². The molecule has 0 aliphatic heterocycles. The molecule has 0 aliphatic carbocycles. The minimum Gasteiger partial charge on any atom is -0.505 e. The predicted molar refractivity (Wildman–Crippen MR) is 106 cm³/mol. The number of nitrogens with one attached hydrogen (secondary N) is 1. The first kappa shape index (κ1) is 20.0. The van der Waals surface area contributed by atoms with Gasteiger partial charge in [0.05, 0.1) is 33.8 Å². The van der Waals surface area contributed by atoms with E-state index < -0.39 is 17.6 Å². The van der Waals surface area contributed by atoms with Gasteiger partial charge in [-0.25, -0.2) is 13.6 Å². The first-order chi connectivity index (χ1) is 13.4. The van der Waals surface area contributed by atoms with Gasteiger partial charge in [0.15, 0.2) is 5.82 Å². The highest BCUT2D eigenvalue weighted by Crippen LogP contribution is 2.38. The highest BCUT2D eigenvalue weighted by molar-refractivity contribution is 8.00. The molecular formula is C20H14ClF2NO3S. The van der Waals surface area contributed by atoms with Gasteiger partial charge in [0.25, 0.3) is 0 Å². The number of ether oxygens (including phenoxy) is 1. The van der Waals surface area contributed by atoms with E-state index in [9.17, 15) is 18.7 Å². The fraction of sp³-hybridized carbons (Fsp3) is 0.0500. The van der Waals surface area contributed by atoms with Crippen molar-refractivity contribution in [1.82, 2.24) is 0 Å². The van der Waals surface area contributed by atoms with Gasteiger partial charge >= 0.3 is 5.97 Å². The topological polar surface area (TPSA) is 58.6 Å². The van der Waals surface area contributed by atoms with E-state index in [0.717, 1.165) is 18.0 Å². The highest BCUT2D eigenvalue weighted by atomic mass is 35.5. The molecule has 0 heterocycles. The second-order valence-corrected chi connectivity index (χ2v) is 6.91. The quantitative estimate of drug-likeness (QED) is 0.397. The minimum absolute atomic E-state index is 0.00393. The number of rotatable bonds is 5. The number of hydrogen-bond donors (Lipinski definition) is 2. The molecule has 2 N–H and O–H groups in total. The summed E-state index contributed by atoms with van der Waals surface area (Å²) in [4.78, 5) is 11.9. The molecule has 3 rings (SSSR count). The number of carbonyl (C=O) groups excluding carboxylic acids is 1. The fourth-order valence-electron chi connectivity index (χ4n) is 2.50. The molecule has 0 radical (unpaired) electrons. The van der Waals surface area contributed by atoms with E-state index in [0.29, 0.717) is 5.56 Å². The smallest absolute Gasteiger partial charge is 0.337 e. The Morgan fingerprint density at radius 1 is 1.14 bits per heavy atom. The summed E-state index contributed by atoms with van der Waals surface area (Å²) in [6.07, 6.45) is 0. The van der Waals surface area contributed by atoms with Crippen molar-refractivity contribution in [1.29, 1.82) is 0 Å². The maximum absolute atomic E-state index is 14.9. The number of anilines is 1. The van der Waals surface area contributed by atoms with Crippen molar-refractivity contribution in [3.8, 4) is 16.9 Å². The molecule has 0 unspecified atom stereocenters. The van der Waals surface area contributed by atoms with Crippen LogP contribution in [0, 0.1) is 11.6 Å². The fourth-order valence-corrected chi connectivity index (χ4v) is 3.54. The predicted octanol–water partition coefficient (Wildman–Crippen LogP) is 5.90. The Balaban J connectivity index is 1.92. The molecule has 28 heavy (non-hydrogen) atoms. The lowest BCUT2D eigenvalue weighted by atomic mass is 10.0. The molecule has 0 saturated heterocycles. The molecular weight excluding hydrogens is 408 g/mol. The second-order valence-electron chi connectivity index (χ2n) is 5.65. The minimum atomic E-state index is -0.784. The summed E-state index contributed by atoms with van der Waals surface area (Å²) in [5, 5.41) is 10.0. The van der Waals surface area contributed by atoms with E-state index in [1.54, 1.807) is 30.3 Å². The lowest BCUT2D eigenvalue weighted by molar-refractivity contribution is 0.0600. The molecule has 0 spiro atoms. The van der Waals surface area contributed by atoms with Crippen LogP contribution in [0.15, 0.2) is 59.5 Å². The lowest BCUT2D eigenvalue weighted by Crippen LogP contribution is -2.02. The number of hydrogen-bond acceptors (Lipinski definition) is 5. The van der Waals surface area contributed by atoms with Crippen molar-refractivity contribution in [2.75, 3.05) is 11.8 Å². The van der Waals surface area contributed by atoms with Crippen molar-refractivity contribution in [3.05, 3.63) is 76.8 Å². The highest BCUT2D eigenvalue weighted by Gasteiger charge is 2.18. The zero-order valence-corrected chi connectivity index (χ0v) is 16.1. The summed E-state index contributed by atoms with van der Waals surface area (Å²) < 4.78 is 36.4. The van der Waals surface area contributed by atoms with Crippen molar-refractivity contribution < 1.29 is 23.4 Å². The van der Waals surface area contributed by atoms with Crippen LogP contribution in [0.5, 0.6) is 5.75 Å². The summed E-state index contributed by atoms with van der Waals surface area (Å²) in [5.74, 6) is -2.40. The van der Waals surface area contributed by atoms with Crippen LogP contribution in [0.4, 0.5) is 14.5 Å². The number of aromatic hydroxyl groups is 1. The summed E-state index contributed by atoms with van der Waals surface area (Å²) in [6.45, 7) is 0. The Kier molecular flexibility index (Phi) is 6.06. The summed E-state index contributed by atoms with van der Waals surface area (Å²) in [7, 11) is 1.22. The molecule has 0 aliphatic rings. The number of phenolic OH excluding ortho intramolecular Hbond substituents is 1. The van der Waals surface area contributed by atoms with Crippen molar-refractivity contribution in [2.24, 2.45) is 0 Å². The first-order valence-electron chi connectivity index (χ1n) is 7.99. The van der Waals surface area contributed by atoms with E-state index in [2.05, 4.69) is 9.46 Å². The van der Waals surface area contributed by atoms with Gasteiger partial charge in [0.1, 0.15) is 11.6 Å². The monoisotopic (exact) mass is 421 g/mol. The van der Waals surface area contributed by atoms with Gasteiger partial charge in [-0.3, -0.25) is 0 Å². The van der Waals surface area contributed by atoms with Crippen LogP contribution >= 0.6 is 23.5 Å². The number of methoxy groups -OCH3 is 1. The normalized spacial score (nSPS) is 10.6. The largest absolute Gasteiger partial charge is 0.505 e. The number of phenols is 1. The maximum Gasteiger partial charge on any atom is 0.337 e. The van der Waals surface area contributed by atoms with E-state index in [-0.39, 0.29) is 32.5 Å². The summed E-state index contributed by atoms with van der Waals surface area (Å²) in [6, 6.07) is 13.3. The molecule has 4 nitrogen and oxygen atoms in total. The molecule has 3 aromatic rings. The Labute approximate surface area is 169 Å². The number of halogens is 3. The van der Waals surface area contributed by atoms with E-state index >= 15 is 0 Å². The number of benzene rings is 3. The zero-order valence-electron chi connectivity index (χ0n) is 14.5. The number of carbonyl (C=O) groups is 1. The van der Waals surface area contributed by atoms with Crippen LogP contribution in [0.3, 0.4) is 0 Å². The van der Waals surface area contributed by atoms with Crippen LogP contribution in [-0.4, -0.2) is 18.2 Å². The SMILES string of the molecule is COC(=O)c1cc(Cl)c(O)c(SNc2ccc(F)c(-c3ccccc3)c2F)c1. The number of esters is 1. The van der Waals surface area contributed by atoms with Gasteiger partial charge < -0.3 is 14.6 Å². The Morgan fingerprint density at radius 3 is 2.54 bits per heavy atom. The molecule has 0 saturated carbocycles. The third-order valence-electron chi connectivity index (χ3n) is 3.87. The molecule has 0 atom stereocenters. The van der Waals surface area contributed by atoms with Gasteiger partial charge in [-0.05, 0) is 41.8 Å². The van der Waals surface area contributed by atoms with Crippen molar-refractivity contribution in [3.63, 3.8) is 0 Å². The molecule has 8 heteroatoms. The van der Waals surface area contributed by atoms with Crippen LogP contribution in [0.1, 0.15) is 10.4 Å². The Hall–Kier alpha value is -2.77. The van der Waals surface area contributed by atoms with Crippen LogP contribution < -0.4 is 4.72 Å². The first-order valence-corrected chi connectivity index (χ1v) is 9.19. The zero-order chi connectivity index (χ0) is 20.3. The standard InChI is InChI=1S/C20H14ClF2NO3S/c1-27-20(26)12-9-13(21)19(25)16(10-12)28-24-15-8-7-14(22)17(18(15)23)11-5-3-2-4-6-11/h2-10,24-25H,1H3. The molecule has 0 amide bonds. The Morgan fingerprint density at radius 2 is 1.86 bits per heavy atom. The average molecular weight is 422 g/mol. The van der Waals surface area contributed by atoms with E-state index in [1.165, 1.54) is 25.3 Å². The third kappa shape index (κ3) is 4.05. The van der Waals surface area contributed by atoms with Gasteiger partial charge in [-0.2, -0.15) is 0 Å². The molecule has 3 aromatic carbocycles. The molecule has 144 valence electrons. The molecule has 0 fully saturated rings. The van der Waals surface area contributed by atoms with Crippen LogP contribution in [0.25, 0.3) is 11.1 Å². The van der Waals surface area contributed by atoms with Gasteiger partial charge in [0.2, 0.25) is 0 Å². The van der Waals surface area contributed by atoms with E-state index in [1.807, 2.05) is 0 Å². The average Bonchev–Trinajstić information content (AvgIpc) is 2.70. The van der Waals surface area contributed by atoms with Gasteiger partial charge in [0, 0.05) is 0 Å². The van der Waals surface area contributed by atoms with Gasteiger partial charge in [-0.1, -0.05) is 41.9 Å². The van der Waals surface area contributed by atoms with Crippen molar-refractivity contribution in [2.45, 2.75) is 4.90 Å². The maximum atomic E-state index is 14.9.